The molecule has 0 aromatic carbocycles. The van der Waals surface area contributed by atoms with Gasteiger partial charge in [-0.3, -0.25) is 4.79 Å². The lowest BCUT2D eigenvalue weighted by Gasteiger charge is -2.18. The maximum absolute atomic E-state index is 11.3. The minimum Gasteiger partial charge on any atom is -0.357 e. The highest BCUT2D eigenvalue weighted by atomic mass is 127. The number of hydrogen-bond acceptors (Lipinski definition) is 4. The number of anilines is 1. The van der Waals surface area contributed by atoms with Gasteiger partial charge in [0.15, 0.2) is 0 Å². The Hall–Kier alpha value is -0.630. The third kappa shape index (κ3) is 2.68. The Morgan fingerprint density at radius 3 is 3.07 bits per heavy atom. The fourth-order valence-electron chi connectivity index (χ4n) is 1.03. The predicted molar refractivity (Wildman–Crippen MR) is 64.8 cm³/mol. The number of aromatic nitrogens is 2. The molecule has 0 radical (unpaired) electrons. The Labute approximate surface area is 96.1 Å². The number of rotatable bonds is 4. The van der Waals surface area contributed by atoms with Gasteiger partial charge in [0.25, 0.3) is 5.56 Å². The second-order valence-corrected chi connectivity index (χ2v) is 3.97. The summed E-state index contributed by atoms with van der Waals surface area (Å²) in [7, 11) is 3.81. The fraction of sp³-hybridized carbons (Fsp3) is 0.500. The normalized spacial score (nSPS) is 10.2. The minimum atomic E-state index is -0.0908. The molecule has 5 nitrogen and oxygen atoms in total. The average Bonchev–Trinajstić information content (AvgIpc) is 2.18. The number of H-pyrrole nitrogens is 1. The number of aromatic amines is 1. The lowest BCUT2D eigenvalue weighted by atomic mass is 10.5. The van der Waals surface area contributed by atoms with E-state index in [0.717, 1.165) is 18.9 Å². The molecule has 6 heteroatoms. The van der Waals surface area contributed by atoms with E-state index in [0.29, 0.717) is 3.57 Å². The monoisotopic (exact) mass is 308 g/mol. The standard InChI is InChI=1S/C8H13IN4O/c1-10-3-4-13(2)7-6(9)8(14)12-5-11-7/h5,10H,3-4H2,1-2H3,(H,11,12,14). The van der Waals surface area contributed by atoms with Crippen LogP contribution in [0, 0.1) is 3.57 Å². The molecule has 0 saturated carbocycles. The molecule has 0 atom stereocenters. The molecule has 1 rings (SSSR count). The molecule has 0 spiro atoms. The fourth-order valence-corrected chi connectivity index (χ4v) is 1.73. The first-order valence-electron chi connectivity index (χ1n) is 4.25. The lowest BCUT2D eigenvalue weighted by Crippen LogP contribution is -2.30. The van der Waals surface area contributed by atoms with Crippen molar-refractivity contribution in [2.45, 2.75) is 0 Å². The van der Waals surface area contributed by atoms with E-state index in [9.17, 15) is 4.79 Å². The molecular formula is C8H13IN4O. The molecule has 0 unspecified atom stereocenters. The van der Waals surface area contributed by atoms with Crippen LogP contribution in [0.5, 0.6) is 0 Å². The van der Waals surface area contributed by atoms with Gasteiger partial charge in [0.2, 0.25) is 0 Å². The Morgan fingerprint density at radius 1 is 1.71 bits per heavy atom. The van der Waals surface area contributed by atoms with Crippen LogP contribution in [-0.2, 0) is 0 Å². The largest absolute Gasteiger partial charge is 0.357 e. The molecular weight excluding hydrogens is 295 g/mol. The van der Waals surface area contributed by atoms with Gasteiger partial charge in [0.05, 0.1) is 6.33 Å². The quantitative estimate of drug-likeness (QED) is 0.771. The highest BCUT2D eigenvalue weighted by Gasteiger charge is 2.08. The zero-order chi connectivity index (χ0) is 10.6. The van der Waals surface area contributed by atoms with Crippen molar-refractivity contribution in [1.82, 2.24) is 15.3 Å². The summed E-state index contributed by atoms with van der Waals surface area (Å²) in [4.78, 5) is 19.9. The number of likely N-dealkylation sites (N-methyl/N-ethyl adjacent to an activating group) is 2. The zero-order valence-electron chi connectivity index (χ0n) is 8.17. The summed E-state index contributed by atoms with van der Waals surface area (Å²) in [6.45, 7) is 1.68. The Kier molecular flexibility index (Phi) is 4.33. The highest BCUT2D eigenvalue weighted by molar-refractivity contribution is 14.1. The van der Waals surface area contributed by atoms with Crippen molar-refractivity contribution in [1.29, 1.82) is 0 Å². The molecule has 14 heavy (non-hydrogen) atoms. The van der Waals surface area contributed by atoms with Crippen molar-refractivity contribution >= 4 is 28.4 Å². The third-order valence-corrected chi connectivity index (χ3v) is 2.81. The van der Waals surface area contributed by atoms with Crippen LogP contribution in [-0.4, -0.2) is 37.2 Å². The first kappa shape index (κ1) is 11.4. The third-order valence-electron chi connectivity index (χ3n) is 1.84. The van der Waals surface area contributed by atoms with E-state index in [1.54, 1.807) is 0 Å². The Bertz CT molecular complexity index is 351. The molecule has 0 bridgehead atoms. The number of halogens is 1. The van der Waals surface area contributed by atoms with Gasteiger partial charge in [-0.25, -0.2) is 4.98 Å². The van der Waals surface area contributed by atoms with Gasteiger partial charge in [-0.05, 0) is 29.6 Å². The molecule has 2 N–H and O–H groups in total. The van der Waals surface area contributed by atoms with Crippen LogP contribution < -0.4 is 15.8 Å². The lowest BCUT2D eigenvalue weighted by molar-refractivity contribution is 0.758. The van der Waals surface area contributed by atoms with Gasteiger partial charge in [-0.2, -0.15) is 0 Å². The topological polar surface area (TPSA) is 61.0 Å². The maximum atomic E-state index is 11.3. The molecule has 0 amide bonds. The molecule has 1 aromatic heterocycles. The van der Waals surface area contributed by atoms with Crippen LogP contribution in [0.3, 0.4) is 0 Å². The summed E-state index contributed by atoms with van der Waals surface area (Å²) in [5.74, 6) is 0.726. The van der Waals surface area contributed by atoms with Crippen molar-refractivity contribution in [3.63, 3.8) is 0 Å². The van der Waals surface area contributed by atoms with E-state index < -0.39 is 0 Å². The van der Waals surface area contributed by atoms with Crippen LogP contribution in [0.4, 0.5) is 5.82 Å². The average molecular weight is 308 g/mol. The summed E-state index contributed by atoms with van der Waals surface area (Å²) in [6, 6.07) is 0. The van der Waals surface area contributed by atoms with Crippen LogP contribution in [0.15, 0.2) is 11.1 Å². The molecule has 0 aliphatic carbocycles. The highest BCUT2D eigenvalue weighted by Crippen LogP contribution is 2.12. The van der Waals surface area contributed by atoms with E-state index in [-0.39, 0.29) is 5.56 Å². The zero-order valence-corrected chi connectivity index (χ0v) is 10.3. The predicted octanol–water partition coefficient (Wildman–Crippen LogP) is 0.0301. The van der Waals surface area contributed by atoms with Crippen molar-refractivity contribution in [2.75, 3.05) is 32.1 Å². The molecule has 0 saturated heterocycles. The van der Waals surface area contributed by atoms with Crippen LogP contribution in [0.2, 0.25) is 0 Å². The summed E-state index contributed by atoms with van der Waals surface area (Å²) in [5.41, 5.74) is -0.0908. The van der Waals surface area contributed by atoms with E-state index >= 15 is 0 Å². The van der Waals surface area contributed by atoms with Gasteiger partial charge in [-0.1, -0.05) is 0 Å². The van der Waals surface area contributed by atoms with Crippen LogP contribution >= 0.6 is 22.6 Å². The SMILES string of the molecule is CNCCN(C)c1nc[nH]c(=O)c1I. The van der Waals surface area contributed by atoms with Crippen LogP contribution in [0.1, 0.15) is 0 Å². The number of hydrogen-bond donors (Lipinski definition) is 2. The molecule has 1 aromatic rings. The first-order valence-corrected chi connectivity index (χ1v) is 5.33. The second kappa shape index (κ2) is 5.30. The number of nitrogens with zero attached hydrogens (tertiary/aromatic N) is 2. The van der Waals surface area contributed by atoms with Gasteiger partial charge in [0.1, 0.15) is 9.39 Å². The smallest absolute Gasteiger partial charge is 0.266 e. The second-order valence-electron chi connectivity index (χ2n) is 2.89. The van der Waals surface area contributed by atoms with E-state index in [1.807, 2.05) is 41.6 Å². The van der Waals surface area contributed by atoms with Gasteiger partial charge >= 0.3 is 0 Å². The van der Waals surface area contributed by atoms with Crippen molar-refractivity contribution in [3.05, 3.63) is 20.3 Å². The Balaban J connectivity index is 2.84. The van der Waals surface area contributed by atoms with E-state index in [2.05, 4.69) is 15.3 Å². The summed E-state index contributed by atoms with van der Waals surface area (Å²) in [6.07, 6.45) is 1.43. The van der Waals surface area contributed by atoms with Crippen molar-refractivity contribution in [3.8, 4) is 0 Å². The first-order chi connectivity index (χ1) is 6.66. The number of nitrogens with one attached hydrogen (secondary N) is 2. The molecule has 1 heterocycles. The van der Waals surface area contributed by atoms with Gasteiger partial charge < -0.3 is 15.2 Å². The summed E-state index contributed by atoms with van der Waals surface area (Å²) >= 11 is 2.00. The summed E-state index contributed by atoms with van der Waals surface area (Å²) < 4.78 is 0.628. The Morgan fingerprint density at radius 2 is 2.43 bits per heavy atom. The van der Waals surface area contributed by atoms with Crippen molar-refractivity contribution < 1.29 is 0 Å². The van der Waals surface area contributed by atoms with E-state index in [4.69, 9.17) is 0 Å². The van der Waals surface area contributed by atoms with Gasteiger partial charge in [0, 0.05) is 20.1 Å². The molecule has 0 aliphatic rings. The van der Waals surface area contributed by atoms with Crippen molar-refractivity contribution in [2.24, 2.45) is 0 Å². The molecule has 0 fully saturated rings. The minimum absolute atomic E-state index is 0.0908. The maximum Gasteiger partial charge on any atom is 0.266 e. The van der Waals surface area contributed by atoms with Gasteiger partial charge in [-0.15, -0.1) is 0 Å². The molecule has 0 aliphatic heterocycles. The van der Waals surface area contributed by atoms with Crippen LogP contribution in [0.25, 0.3) is 0 Å². The molecule has 78 valence electrons. The van der Waals surface area contributed by atoms with E-state index in [1.165, 1.54) is 6.33 Å². The summed E-state index contributed by atoms with van der Waals surface area (Å²) in [5, 5.41) is 3.04.